The summed E-state index contributed by atoms with van der Waals surface area (Å²) in [6.45, 7) is 1.33. The van der Waals surface area contributed by atoms with Crippen LogP contribution in [0, 0.1) is 23.2 Å². The molecule has 5 aliphatic rings. The topological polar surface area (TPSA) is 3.01 Å². The third-order valence-corrected chi connectivity index (χ3v) is 6.13. The van der Waals surface area contributed by atoms with Gasteiger partial charge in [0.2, 0.25) is 0 Å². The van der Waals surface area contributed by atoms with Gasteiger partial charge in [-0.3, -0.25) is 0 Å². The Labute approximate surface area is 94.6 Å². The third-order valence-electron chi connectivity index (χ3n) is 5.34. The van der Waals surface area contributed by atoms with Gasteiger partial charge in [0.15, 0.2) is 0 Å². The van der Waals surface area contributed by atoms with E-state index >= 15 is 0 Å². The van der Waals surface area contributed by atoms with Gasteiger partial charge >= 0.3 is 0 Å². The van der Waals surface area contributed by atoms with Crippen molar-refractivity contribution in [3.63, 3.8) is 0 Å². The molecule has 1 saturated heterocycles. The van der Waals surface area contributed by atoms with Crippen LogP contribution >= 0.6 is 16.1 Å². The SMILES string of the molecule is BrN1CC1C12CC3CC(CC(C3)C1)C2. The van der Waals surface area contributed by atoms with Crippen LogP contribution in [0.25, 0.3) is 0 Å². The number of hydrogen-bond donors (Lipinski definition) is 0. The minimum atomic E-state index is 0.762. The molecule has 2 heteroatoms. The summed E-state index contributed by atoms with van der Waals surface area (Å²) in [5.74, 6) is 3.34. The molecule has 0 radical (unpaired) electrons. The standard InChI is InChI=1S/C12H18BrN/c13-14-7-11(14)12-4-8-1-9(5-12)3-10(2-8)6-12/h8-11H,1-7H2. The molecule has 0 aromatic carbocycles. The summed E-state index contributed by atoms with van der Waals surface area (Å²) >= 11 is 3.67. The van der Waals surface area contributed by atoms with Gasteiger partial charge in [-0.25, -0.2) is 3.93 Å². The normalized spacial score (nSPS) is 64.5. The molecule has 5 rings (SSSR count). The number of halogens is 1. The van der Waals surface area contributed by atoms with E-state index in [9.17, 15) is 0 Å². The molecule has 1 heterocycles. The van der Waals surface area contributed by atoms with E-state index < -0.39 is 0 Å². The first-order valence-corrected chi connectivity index (χ1v) is 6.88. The van der Waals surface area contributed by atoms with Crippen molar-refractivity contribution in [1.82, 2.24) is 3.93 Å². The summed E-state index contributed by atoms with van der Waals surface area (Å²) in [6.07, 6.45) is 9.42. The van der Waals surface area contributed by atoms with Crippen molar-refractivity contribution >= 4 is 16.1 Å². The number of hydrogen-bond acceptors (Lipinski definition) is 1. The summed E-state index contributed by atoms with van der Waals surface area (Å²) in [4.78, 5) is 0. The van der Waals surface area contributed by atoms with Crippen LogP contribution in [-0.4, -0.2) is 16.5 Å². The Morgan fingerprint density at radius 3 is 1.71 bits per heavy atom. The van der Waals surface area contributed by atoms with E-state index in [0.717, 1.165) is 29.2 Å². The van der Waals surface area contributed by atoms with Crippen LogP contribution in [0.2, 0.25) is 0 Å². The second kappa shape index (κ2) is 2.57. The van der Waals surface area contributed by atoms with Crippen molar-refractivity contribution in [2.24, 2.45) is 23.2 Å². The lowest BCUT2D eigenvalue weighted by Crippen LogP contribution is -2.49. The highest BCUT2D eigenvalue weighted by atomic mass is 79.9. The summed E-state index contributed by atoms with van der Waals surface area (Å²) in [6, 6.07) is 0.913. The van der Waals surface area contributed by atoms with Crippen molar-refractivity contribution in [2.75, 3.05) is 6.54 Å². The Bertz CT molecular complexity index is 240. The lowest BCUT2D eigenvalue weighted by molar-refractivity contribution is -0.0556. The molecule has 4 bridgehead atoms. The third kappa shape index (κ3) is 1.05. The van der Waals surface area contributed by atoms with Crippen molar-refractivity contribution in [1.29, 1.82) is 0 Å². The second-order valence-corrected chi connectivity index (χ2v) is 7.29. The van der Waals surface area contributed by atoms with E-state index in [0.29, 0.717) is 0 Å². The number of nitrogens with zero attached hydrogens (tertiary/aromatic N) is 1. The lowest BCUT2D eigenvalue weighted by Gasteiger charge is -2.57. The van der Waals surface area contributed by atoms with Gasteiger partial charge in [0.25, 0.3) is 0 Å². The summed E-state index contributed by atoms with van der Waals surface area (Å²) in [5.41, 5.74) is 0.762. The molecular weight excluding hydrogens is 238 g/mol. The summed E-state index contributed by atoms with van der Waals surface area (Å²) < 4.78 is 2.40. The van der Waals surface area contributed by atoms with Crippen LogP contribution in [0.15, 0.2) is 0 Å². The fourth-order valence-corrected chi connectivity index (χ4v) is 5.90. The maximum absolute atomic E-state index is 3.67. The average molecular weight is 256 g/mol. The van der Waals surface area contributed by atoms with Gasteiger partial charge in [-0.1, -0.05) is 0 Å². The minimum Gasteiger partial charge on any atom is -0.236 e. The minimum absolute atomic E-state index is 0.762. The molecule has 4 aliphatic carbocycles. The lowest BCUT2D eigenvalue weighted by atomic mass is 9.48. The van der Waals surface area contributed by atoms with E-state index in [1.54, 1.807) is 38.5 Å². The largest absolute Gasteiger partial charge is 0.236 e. The first-order chi connectivity index (χ1) is 6.75. The molecular formula is C12H18BrN. The van der Waals surface area contributed by atoms with E-state index in [1.165, 1.54) is 6.54 Å². The smallest absolute Gasteiger partial charge is 0.0399 e. The maximum atomic E-state index is 3.67. The Balaban J connectivity index is 1.68. The molecule has 0 aromatic heterocycles. The van der Waals surface area contributed by atoms with E-state index in [-0.39, 0.29) is 0 Å². The predicted molar refractivity (Wildman–Crippen MR) is 60.0 cm³/mol. The van der Waals surface area contributed by atoms with E-state index in [4.69, 9.17) is 0 Å². The van der Waals surface area contributed by atoms with Crippen LogP contribution in [-0.2, 0) is 0 Å². The van der Waals surface area contributed by atoms with Crippen LogP contribution in [0.5, 0.6) is 0 Å². The van der Waals surface area contributed by atoms with Crippen molar-refractivity contribution < 1.29 is 0 Å². The molecule has 78 valence electrons. The molecule has 0 spiro atoms. The predicted octanol–water partition coefficient (Wildman–Crippen LogP) is 3.20. The van der Waals surface area contributed by atoms with E-state index in [1.807, 2.05) is 0 Å². The van der Waals surface area contributed by atoms with Gasteiger partial charge in [0.05, 0.1) is 0 Å². The maximum Gasteiger partial charge on any atom is 0.0399 e. The van der Waals surface area contributed by atoms with Crippen LogP contribution in [0.1, 0.15) is 38.5 Å². The Hall–Kier alpha value is 0.440. The Morgan fingerprint density at radius 2 is 1.36 bits per heavy atom. The van der Waals surface area contributed by atoms with Crippen LogP contribution in [0.4, 0.5) is 0 Å². The molecule has 4 saturated carbocycles. The molecule has 0 aromatic rings. The van der Waals surface area contributed by atoms with Crippen LogP contribution < -0.4 is 0 Å². The molecule has 0 amide bonds. The highest BCUT2D eigenvalue weighted by Gasteiger charge is 2.59. The first kappa shape index (κ1) is 8.58. The second-order valence-electron chi connectivity index (χ2n) is 6.38. The summed E-state index contributed by atoms with van der Waals surface area (Å²) in [5, 5.41) is 0. The summed E-state index contributed by atoms with van der Waals surface area (Å²) in [7, 11) is 0. The molecule has 2 unspecified atom stereocenters. The van der Waals surface area contributed by atoms with Gasteiger partial charge in [-0.15, -0.1) is 0 Å². The molecule has 14 heavy (non-hydrogen) atoms. The zero-order valence-corrected chi connectivity index (χ0v) is 10.2. The molecule has 1 nitrogen and oxygen atoms in total. The Kier molecular flexibility index (Phi) is 1.58. The zero-order chi connectivity index (χ0) is 9.34. The van der Waals surface area contributed by atoms with Gasteiger partial charge in [0.1, 0.15) is 0 Å². The average Bonchev–Trinajstić information content (AvgIpc) is 2.80. The van der Waals surface area contributed by atoms with Gasteiger partial charge in [0, 0.05) is 28.7 Å². The van der Waals surface area contributed by atoms with Crippen molar-refractivity contribution in [3.05, 3.63) is 0 Å². The zero-order valence-electron chi connectivity index (χ0n) is 8.58. The fraction of sp³-hybridized carbons (Fsp3) is 1.00. The van der Waals surface area contributed by atoms with Gasteiger partial charge in [-0.2, -0.15) is 0 Å². The quantitative estimate of drug-likeness (QED) is 0.514. The van der Waals surface area contributed by atoms with Crippen molar-refractivity contribution in [2.45, 2.75) is 44.6 Å². The first-order valence-electron chi connectivity index (χ1n) is 6.18. The monoisotopic (exact) mass is 255 g/mol. The highest BCUT2D eigenvalue weighted by Crippen LogP contribution is 2.64. The fourth-order valence-electron chi connectivity index (χ4n) is 5.19. The molecule has 1 aliphatic heterocycles. The van der Waals surface area contributed by atoms with E-state index in [2.05, 4.69) is 20.1 Å². The van der Waals surface area contributed by atoms with Crippen LogP contribution in [0.3, 0.4) is 0 Å². The van der Waals surface area contributed by atoms with Gasteiger partial charge < -0.3 is 0 Å². The highest BCUT2D eigenvalue weighted by molar-refractivity contribution is 9.07. The van der Waals surface area contributed by atoms with Gasteiger partial charge in [-0.05, 0) is 61.7 Å². The molecule has 5 fully saturated rings. The molecule has 2 atom stereocenters. The molecule has 0 N–H and O–H groups in total. The van der Waals surface area contributed by atoms with Crippen molar-refractivity contribution in [3.8, 4) is 0 Å². The number of rotatable bonds is 1. The Morgan fingerprint density at radius 1 is 0.929 bits per heavy atom.